The molecule has 0 saturated heterocycles. The van der Waals surface area contributed by atoms with Crippen LogP contribution in [0.4, 0.5) is 0 Å². The van der Waals surface area contributed by atoms with Crippen LogP contribution in [0.3, 0.4) is 0 Å². The summed E-state index contributed by atoms with van der Waals surface area (Å²) >= 11 is 5.15. The number of thiophene rings is 1. The van der Waals surface area contributed by atoms with Gasteiger partial charge in [-0.1, -0.05) is 30.3 Å². The number of halogens is 1. The molecule has 0 amide bonds. The van der Waals surface area contributed by atoms with Crippen LogP contribution < -0.4 is 0 Å². The molecule has 2 nitrogen and oxygen atoms in total. The van der Waals surface area contributed by atoms with Crippen molar-refractivity contribution in [1.82, 2.24) is 0 Å². The van der Waals surface area contributed by atoms with Gasteiger partial charge in [-0.2, -0.15) is 0 Å². The predicted molar refractivity (Wildman–Crippen MR) is 79.8 cm³/mol. The zero-order valence-electron chi connectivity index (χ0n) is 10.4. The summed E-state index contributed by atoms with van der Waals surface area (Å²) < 4.78 is 1.07. The molecule has 1 aliphatic rings. The Kier molecular flexibility index (Phi) is 3.02. The first-order valence-electron chi connectivity index (χ1n) is 6.09. The second kappa shape index (κ2) is 4.46. The Balaban J connectivity index is 2.18. The minimum Gasteiger partial charge on any atom is -0.481 e. The third kappa shape index (κ3) is 1.94. The normalized spacial score (nSPS) is 25.3. The van der Waals surface area contributed by atoms with E-state index in [2.05, 4.69) is 22.0 Å². The number of benzene rings is 1. The van der Waals surface area contributed by atoms with E-state index in [1.54, 1.807) is 11.3 Å². The SMILES string of the molecule is C[C@]1(C(=O)O)Cc2sc(Br)cc2C1c1ccccc1. The van der Waals surface area contributed by atoms with Crippen LogP contribution in [0.25, 0.3) is 0 Å². The zero-order chi connectivity index (χ0) is 13.6. The molecule has 2 atom stereocenters. The minimum atomic E-state index is -0.747. The number of aliphatic carboxylic acids is 1. The van der Waals surface area contributed by atoms with Crippen molar-refractivity contribution < 1.29 is 9.90 Å². The van der Waals surface area contributed by atoms with E-state index in [1.165, 1.54) is 4.88 Å². The Labute approximate surface area is 124 Å². The molecule has 19 heavy (non-hydrogen) atoms. The lowest BCUT2D eigenvalue weighted by atomic mass is 9.74. The van der Waals surface area contributed by atoms with Crippen molar-refractivity contribution in [2.24, 2.45) is 5.41 Å². The van der Waals surface area contributed by atoms with Gasteiger partial charge in [-0.15, -0.1) is 11.3 Å². The average Bonchev–Trinajstić information content (AvgIpc) is 2.83. The molecule has 4 heteroatoms. The monoisotopic (exact) mass is 336 g/mol. The molecule has 0 spiro atoms. The van der Waals surface area contributed by atoms with Crippen molar-refractivity contribution in [3.63, 3.8) is 0 Å². The smallest absolute Gasteiger partial charge is 0.310 e. The van der Waals surface area contributed by atoms with Crippen LogP contribution in [0.2, 0.25) is 0 Å². The molecular weight excluding hydrogens is 324 g/mol. The Morgan fingerprint density at radius 2 is 2.11 bits per heavy atom. The summed E-state index contributed by atoms with van der Waals surface area (Å²) in [5, 5.41) is 9.66. The Morgan fingerprint density at radius 3 is 2.74 bits per heavy atom. The second-order valence-electron chi connectivity index (χ2n) is 5.17. The standard InChI is InChI=1S/C15H13BrO2S/c1-15(14(17)18)8-11-10(7-12(16)19-11)13(15)9-5-3-2-4-6-9/h2-7,13H,8H2,1H3,(H,17,18)/t13?,15-/m0/s1. The van der Waals surface area contributed by atoms with E-state index in [0.29, 0.717) is 6.42 Å². The summed E-state index contributed by atoms with van der Waals surface area (Å²) in [4.78, 5) is 12.9. The van der Waals surface area contributed by atoms with Gasteiger partial charge in [-0.25, -0.2) is 0 Å². The highest BCUT2D eigenvalue weighted by Gasteiger charge is 2.49. The highest BCUT2D eigenvalue weighted by Crippen LogP contribution is 2.54. The summed E-state index contributed by atoms with van der Waals surface area (Å²) in [6.45, 7) is 1.85. The van der Waals surface area contributed by atoms with Gasteiger partial charge in [-0.3, -0.25) is 4.79 Å². The molecule has 1 unspecified atom stereocenters. The van der Waals surface area contributed by atoms with Gasteiger partial charge in [0, 0.05) is 10.8 Å². The van der Waals surface area contributed by atoms with Crippen LogP contribution in [0.15, 0.2) is 40.2 Å². The highest BCUT2D eigenvalue weighted by atomic mass is 79.9. The molecule has 2 aromatic rings. The van der Waals surface area contributed by atoms with Crippen LogP contribution in [0, 0.1) is 5.41 Å². The van der Waals surface area contributed by atoms with Crippen molar-refractivity contribution in [3.05, 3.63) is 56.2 Å². The molecule has 0 fully saturated rings. The number of hydrogen-bond donors (Lipinski definition) is 1. The maximum absolute atomic E-state index is 11.8. The van der Waals surface area contributed by atoms with Crippen molar-refractivity contribution >= 4 is 33.2 Å². The van der Waals surface area contributed by atoms with Gasteiger partial charge < -0.3 is 5.11 Å². The van der Waals surface area contributed by atoms with Crippen molar-refractivity contribution in [1.29, 1.82) is 0 Å². The first kappa shape index (κ1) is 12.9. The summed E-state index contributed by atoms with van der Waals surface area (Å²) in [5.41, 5.74) is 1.49. The van der Waals surface area contributed by atoms with Gasteiger partial charge in [0.15, 0.2) is 0 Å². The van der Waals surface area contributed by atoms with Gasteiger partial charge in [0.2, 0.25) is 0 Å². The minimum absolute atomic E-state index is 0.0660. The highest BCUT2D eigenvalue weighted by molar-refractivity contribution is 9.11. The van der Waals surface area contributed by atoms with Crippen LogP contribution in [0.5, 0.6) is 0 Å². The molecule has 98 valence electrons. The number of fused-ring (bicyclic) bond motifs is 1. The van der Waals surface area contributed by atoms with E-state index in [-0.39, 0.29) is 5.92 Å². The van der Waals surface area contributed by atoms with E-state index in [4.69, 9.17) is 0 Å². The van der Waals surface area contributed by atoms with E-state index in [1.807, 2.05) is 37.3 Å². The van der Waals surface area contributed by atoms with Gasteiger partial charge in [0.1, 0.15) is 0 Å². The quantitative estimate of drug-likeness (QED) is 0.888. The third-order valence-electron chi connectivity index (χ3n) is 3.91. The fraction of sp³-hybridized carbons (Fsp3) is 0.267. The number of carboxylic acid groups (broad SMARTS) is 1. The molecule has 1 aromatic carbocycles. The van der Waals surface area contributed by atoms with E-state index < -0.39 is 11.4 Å². The van der Waals surface area contributed by atoms with Crippen molar-refractivity contribution in [2.45, 2.75) is 19.3 Å². The van der Waals surface area contributed by atoms with Gasteiger partial charge in [0.25, 0.3) is 0 Å². The Morgan fingerprint density at radius 1 is 1.42 bits per heavy atom. The lowest BCUT2D eigenvalue weighted by Gasteiger charge is -2.28. The number of carboxylic acids is 1. The molecule has 1 N–H and O–H groups in total. The average molecular weight is 337 g/mol. The predicted octanol–water partition coefficient (Wildman–Crippen LogP) is 4.29. The van der Waals surface area contributed by atoms with Gasteiger partial charge in [0.05, 0.1) is 9.20 Å². The summed E-state index contributed by atoms with van der Waals surface area (Å²) in [6.07, 6.45) is 0.605. The molecule has 0 radical (unpaired) electrons. The third-order valence-corrected chi connectivity index (χ3v) is 5.56. The topological polar surface area (TPSA) is 37.3 Å². The summed E-state index contributed by atoms with van der Waals surface area (Å²) in [7, 11) is 0. The van der Waals surface area contributed by atoms with E-state index in [9.17, 15) is 9.90 Å². The first-order chi connectivity index (χ1) is 9.02. The van der Waals surface area contributed by atoms with Crippen LogP contribution >= 0.6 is 27.3 Å². The Bertz CT molecular complexity index is 635. The zero-order valence-corrected chi connectivity index (χ0v) is 12.8. The molecule has 0 bridgehead atoms. The lowest BCUT2D eigenvalue weighted by molar-refractivity contribution is -0.148. The Hall–Kier alpha value is -1.13. The fourth-order valence-corrected chi connectivity index (χ4v) is 4.88. The lowest BCUT2D eigenvalue weighted by Crippen LogP contribution is -2.32. The first-order valence-corrected chi connectivity index (χ1v) is 7.70. The summed E-state index contributed by atoms with van der Waals surface area (Å²) in [6, 6.07) is 12.0. The number of carbonyl (C=O) groups is 1. The van der Waals surface area contributed by atoms with Crippen LogP contribution in [-0.4, -0.2) is 11.1 Å². The van der Waals surface area contributed by atoms with Gasteiger partial charge in [-0.05, 0) is 46.5 Å². The molecule has 0 saturated carbocycles. The maximum Gasteiger partial charge on any atom is 0.310 e. The number of rotatable bonds is 2. The molecule has 1 heterocycles. The molecule has 1 aliphatic carbocycles. The number of hydrogen-bond acceptors (Lipinski definition) is 2. The molecule has 3 rings (SSSR count). The fourth-order valence-electron chi connectivity index (χ4n) is 2.96. The van der Waals surface area contributed by atoms with Crippen molar-refractivity contribution in [3.8, 4) is 0 Å². The second-order valence-corrected chi connectivity index (χ2v) is 7.69. The van der Waals surface area contributed by atoms with Crippen molar-refractivity contribution in [2.75, 3.05) is 0 Å². The maximum atomic E-state index is 11.8. The van der Waals surface area contributed by atoms with E-state index in [0.717, 1.165) is 14.9 Å². The molecule has 1 aromatic heterocycles. The largest absolute Gasteiger partial charge is 0.481 e. The van der Waals surface area contributed by atoms with Crippen LogP contribution in [0.1, 0.15) is 28.8 Å². The van der Waals surface area contributed by atoms with Crippen LogP contribution in [-0.2, 0) is 11.2 Å². The van der Waals surface area contributed by atoms with Gasteiger partial charge >= 0.3 is 5.97 Å². The molecular formula is C15H13BrO2S. The molecule has 0 aliphatic heterocycles. The summed E-state index contributed by atoms with van der Waals surface area (Å²) in [5.74, 6) is -0.787. The van der Waals surface area contributed by atoms with E-state index >= 15 is 0 Å².